The van der Waals surface area contributed by atoms with Gasteiger partial charge < -0.3 is 34.8 Å². The van der Waals surface area contributed by atoms with E-state index in [2.05, 4.69) is 5.32 Å². The standard InChI is InChI=1S/C18H23NO8/c1-8-5-14(22)26-12-6-10(3-4-11(8)12)25-18-15(19-9(2)21)17(24)16(23)13(7-20)27-18/h3-6,11-13,15-18,20,23-24H,7H2,1-2H3,(H,19,21)/t11-,12-,13+,15-,16-,17+,18+/m1/s1. The van der Waals surface area contributed by atoms with Gasteiger partial charge in [0, 0.05) is 18.9 Å². The minimum Gasteiger partial charge on any atom is -0.463 e. The number of carbonyl (C=O) groups is 2. The SMILES string of the molecule is CC(=O)N[C@H]1[C@@H](OC2=C[C@H]3OC(=O)C=C(C)[C@H]3C=C2)O[C@@H](CO)[C@@H](O)[C@H]1O. The number of nitrogens with one attached hydrogen (secondary N) is 1. The summed E-state index contributed by atoms with van der Waals surface area (Å²) in [6.45, 7) is 2.56. The van der Waals surface area contributed by atoms with Crippen LogP contribution in [0.5, 0.6) is 0 Å². The number of rotatable bonds is 4. The summed E-state index contributed by atoms with van der Waals surface area (Å²) in [6, 6.07) is -1.05. The van der Waals surface area contributed by atoms with Gasteiger partial charge in [-0.05, 0) is 19.1 Å². The van der Waals surface area contributed by atoms with E-state index in [0.717, 1.165) is 5.57 Å². The van der Waals surface area contributed by atoms with Crippen molar-refractivity contribution >= 4 is 11.9 Å². The third kappa shape index (κ3) is 4.06. The second kappa shape index (κ2) is 7.81. The molecule has 4 N–H and O–H groups in total. The number of fused-ring (bicyclic) bond motifs is 1. The average Bonchev–Trinajstić information content (AvgIpc) is 2.60. The van der Waals surface area contributed by atoms with Crippen LogP contribution in [0.4, 0.5) is 0 Å². The van der Waals surface area contributed by atoms with Crippen LogP contribution in [0.3, 0.4) is 0 Å². The third-order valence-electron chi connectivity index (χ3n) is 4.78. The highest BCUT2D eigenvalue weighted by Crippen LogP contribution is 2.32. The summed E-state index contributed by atoms with van der Waals surface area (Å²) in [7, 11) is 0. The monoisotopic (exact) mass is 381 g/mol. The lowest BCUT2D eigenvalue weighted by Crippen LogP contribution is -2.64. The largest absolute Gasteiger partial charge is 0.463 e. The van der Waals surface area contributed by atoms with E-state index in [9.17, 15) is 24.9 Å². The number of amides is 1. The Morgan fingerprint density at radius 3 is 2.74 bits per heavy atom. The lowest BCUT2D eigenvalue weighted by molar-refractivity contribution is -0.258. The molecule has 0 radical (unpaired) electrons. The van der Waals surface area contributed by atoms with E-state index >= 15 is 0 Å². The van der Waals surface area contributed by atoms with E-state index in [1.54, 1.807) is 12.2 Å². The van der Waals surface area contributed by atoms with Gasteiger partial charge in [0.25, 0.3) is 0 Å². The minimum atomic E-state index is -1.40. The minimum absolute atomic E-state index is 0.0916. The van der Waals surface area contributed by atoms with Gasteiger partial charge in [0.15, 0.2) is 0 Å². The van der Waals surface area contributed by atoms with Crippen molar-refractivity contribution in [1.29, 1.82) is 0 Å². The van der Waals surface area contributed by atoms with Gasteiger partial charge in [-0.15, -0.1) is 0 Å². The van der Waals surface area contributed by atoms with Crippen LogP contribution in [0.25, 0.3) is 0 Å². The summed E-state index contributed by atoms with van der Waals surface area (Å²) in [5.74, 6) is -0.657. The van der Waals surface area contributed by atoms with Gasteiger partial charge >= 0.3 is 5.97 Å². The third-order valence-corrected chi connectivity index (χ3v) is 4.78. The second-order valence-electron chi connectivity index (χ2n) is 6.79. The number of esters is 1. The molecule has 2 heterocycles. The average molecular weight is 381 g/mol. The number of ether oxygens (including phenoxy) is 3. The van der Waals surface area contributed by atoms with Crippen LogP contribution < -0.4 is 5.32 Å². The van der Waals surface area contributed by atoms with Crippen molar-refractivity contribution in [3.05, 3.63) is 35.6 Å². The Morgan fingerprint density at radius 1 is 1.33 bits per heavy atom. The lowest BCUT2D eigenvalue weighted by atomic mass is 9.88. The smallest absolute Gasteiger partial charge is 0.331 e. The van der Waals surface area contributed by atoms with Crippen molar-refractivity contribution in [2.75, 3.05) is 6.61 Å². The molecular formula is C18H23NO8. The van der Waals surface area contributed by atoms with Crippen LogP contribution in [0, 0.1) is 5.92 Å². The Morgan fingerprint density at radius 2 is 2.07 bits per heavy atom. The van der Waals surface area contributed by atoms with Crippen molar-refractivity contribution in [1.82, 2.24) is 5.32 Å². The summed E-state index contributed by atoms with van der Waals surface area (Å²) in [5, 5.41) is 32.2. The van der Waals surface area contributed by atoms with E-state index in [0.29, 0.717) is 5.76 Å². The maximum atomic E-state index is 11.6. The zero-order chi connectivity index (χ0) is 19.7. The van der Waals surface area contributed by atoms with Gasteiger partial charge in [-0.25, -0.2) is 4.79 Å². The molecule has 0 bridgehead atoms. The van der Waals surface area contributed by atoms with E-state index in [1.807, 2.05) is 13.0 Å². The maximum absolute atomic E-state index is 11.6. The zero-order valence-electron chi connectivity index (χ0n) is 14.9. The fourth-order valence-corrected chi connectivity index (χ4v) is 3.38. The second-order valence-corrected chi connectivity index (χ2v) is 6.79. The Labute approximate surface area is 155 Å². The summed E-state index contributed by atoms with van der Waals surface area (Å²) < 4.78 is 16.6. The number of aliphatic hydroxyl groups is 3. The molecule has 27 heavy (non-hydrogen) atoms. The predicted octanol–water partition coefficient (Wildman–Crippen LogP) is -1.11. The molecular weight excluding hydrogens is 358 g/mol. The molecule has 1 saturated heterocycles. The molecule has 148 valence electrons. The van der Waals surface area contributed by atoms with E-state index in [4.69, 9.17) is 14.2 Å². The van der Waals surface area contributed by atoms with Gasteiger partial charge in [0.05, 0.1) is 6.61 Å². The molecule has 3 rings (SSSR count). The van der Waals surface area contributed by atoms with E-state index in [1.165, 1.54) is 13.0 Å². The molecule has 0 aromatic carbocycles. The first-order chi connectivity index (χ1) is 12.8. The summed E-state index contributed by atoms with van der Waals surface area (Å²) >= 11 is 0. The van der Waals surface area contributed by atoms with Crippen LogP contribution in [0.15, 0.2) is 35.6 Å². The van der Waals surface area contributed by atoms with E-state index in [-0.39, 0.29) is 5.92 Å². The highest BCUT2D eigenvalue weighted by atomic mass is 16.7. The van der Waals surface area contributed by atoms with Crippen LogP contribution in [-0.2, 0) is 23.8 Å². The quantitative estimate of drug-likeness (QED) is 0.450. The highest BCUT2D eigenvalue weighted by molar-refractivity contribution is 5.84. The molecule has 9 heteroatoms. The summed E-state index contributed by atoms with van der Waals surface area (Å²) in [5.41, 5.74) is 0.867. The van der Waals surface area contributed by atoms with Crippen molar-refractivity contribution in [3.63, 3.8) is 0 Å². The van der Waals surface area contributed by atoms with Crippen LogP contribution in [0.2, 0.25) is 0 Å². The van der Waals surface area contributed by atoms with Crippen molar-refractivity contribution < 1.29 is 39.1 Å². The Bertz CT molecular complexity index is 699. The molecule has 0 unspecified atom stereocenters. The van der Waals surface area contributed by atoms with Crippen LogP contribution in [0.1, 0.15) is 13.8 Å². The van der Waals surface area contributed by atoms with E-state index < -0.39 is 55.2 Å². The maximum Gasteiger partial charge on any atom is 0.331 e. The number of allylic oxidation sites excluding steroid dienone is 1. The molecule has 0 aromatic rings. The zero-order valence-corrected chi connectivity index (χ0v) is 14.9. The first-order valence-corrected chi connectivity index (χ1v) is 8.65. The molecule has 9 nitrogen and oxygen atoms in total. The molecule has 0 spiro atoms. The molecule has 1 amide bonds. The predicted molar refractivity (Wildman–Crippen MR) is 90.8 cm³/mol. The molecule has 1 aliphatic carbocycles. The molecule has 1 fully saturated rings. The van der Waals surface area contributed by atoms with Crippen molar-refractivity contribution in [2.45, 2.75) is 50.6 Å². The van der Waals surface area contributed by atoms with Gasteiger partial charge in [0.1, 0.15) is 36.2 Å². The lowest BCUT2D eigenvalue weighted by Gasteiger charge is -2.42. The van der Waals surface area contributed by atoms with Crippen molar-refractivity contribution in [2.24, 2.45) is 5.92 Å². The number of hydrogen-bond acceptors (Lipinski definition) is 8. The first-order valence-electron chi connectivity index (χ1n) is 8.65. The molecule has 3 aliphatic rings. The molecule has 0 aromatic heterocycles. The fourth-order valence-electron chi connectivity index (χ4n) is 3.38. The Balaban J connectivity index is 1.78. The summed E-state index contributed by atoms with van der Waals surface area (Å²) in [4.78, 5) is 23.1. The Hall–Kier alpha value is -2.20. The number of aliphatic hydroxyl groups excluding tert-OH is 3. The van der Waals surface area contributed by atoms with Crippen LogP contribution >= 0.6 is 0 Å². The van der Waals surface area contributed by atoms with Gasteiger partial charge in [0.2, 0.25) is 12.2 Å². The highest BCUT2D eigenvalue weighted by Gasteiger charge is 2.46. The molecule has 2 aliphatic heterocycles. The van der Waals surface area contributed by atoms with Crippen molar-refractivity contribution in [3.8, 4) is 0 Å². The Kier molecular flexibility index (Phi) is 5.66. The molecule has 0 saturated carbocycles. The van der Waals surface area contributed by atoms with Gasteiger partial charge in [-0.3, -0.25) is 4.79 Å². The summed E-state index contributed by atoms with van der Waals surface area (Å²) in [6.07, 6.45) is 0.990. The number of carbonyl (C=O) groups excluding carboxylic acids is 2. The topological polar surface area (TPSA) is 135 Å². The molecule has 7 atom stereocenters. The normalized spacial score (nSPS) is 38.3. The van der Waals surface area contributed by atoms with Gasteiger partial charge in [-0.1, -0.05) is 11.6 Å². The number of hydrogen-bond donors (Lipinski definition) is 4. The fraction of sp³-hybridized carbons (Fsp3) is 0.556. The first kappa shape index (κ1) is 19.6. The van der Waals surface area contributed by atoms with Crippen LogP contribution in [-0.4, -0.2) is 70.6 Å². The van der Waals surface area contributed by atoms with Gasteiger partial charge in [-0.2, -0.15) is 0 Å².